The Bertz CT molecular complexity index is 578. The molecule has 0 amide bonds. The molecule has 0 radical (unpaired) electrons. The maximum Gasteiger partial charge on any atom is 0.225 e. The lowest BCUT2D eigenvalue weighted by Gasteiger charge is -2.31. The molecular formula is C14H17ClN4S. The normalized spacial score (nSPS) is 16.6. The van der Waals surface area contributed by atoms with Crippen molar-refractivity contribution in [3.63, 3.8) is 0 Å². The first-order valence-electron chi connectivity index (χ1n) is 6.78. The van der Waals surface area contributed by atoms with Crippen LogP contribution >= 0.6 is 22.9 Å². The van der Waals surface area contributed by atoms with Gasteiger partial charge in [-0.2, -0.15) is 0 Å². The van der Waals surface area contributed by atoms with Gasteiger partial charge in [-0.3, -0.25) is 0 Å². The second kappa shape index (κ2) is 6.08. The molecule has 1 saturated heterocycles. The molecule has 2 aromatic rings. The fourth-order valence-corrected chi connectivity index (χ4v) is 3.35. The number of piperidine rings is 1. The highest BCUT2D eigenvalue weighted by atomic mass is 35.5. The molecule has 3 heterocycles. The summed E-state index contributed by atoms with van der Waals surface area (Å²) >= 11 is 7.51. The van der Waals surface area contributed by atoms with Gasteiger partial charge < -0.3 is 10.6 Å². The summed E-state index contributed by atoms with van der Waals surface area (Å²) in [6, 6.07) is 3.87. The molecule has 0 unspecified atom stereocenters. The Balaban J connectivity index is 1.78. The van der Waals surface area contributed by atoms with E-state index in [1.807, 2.05) is 23.7 Å². The van der Waals surface area contributed by atoms with Crippen molar-refractivity contribution in [2.45, 2.75) is 12.8 Å². The van der Waals surface area contributed by atoms with E-state index in [1.165, 1.54) is 11.3 Å². The van der Waals surface area contributed by atoms with Crippen LogP contribution in [0.1, 0.15) is 12.8 Å². The smallest absolute Gasteiger partial charge is 0.225 e. The number of hydrogen-bond donors (Lipinski definition) is 1. The fraction of sp³-hybridized carbons (Fsp3) is 0.429. The van der Waals surface area contributed by atoms with Crippen LogP contribution in [0.3, 0.4) is 0 Å². The average Bonchev–Trinajstić information content (AvgIpc) is 2.94. The standard InChI is InChI=1S/C14H17ClN4S/c15-13-7-11(9-20-13)12-1-4-17-14(18-12)19-5-2-10(8-16)3-6-19/h1,4,7,9-10H,2-3,5-6,8,16H2. The number of anilines is 1. The van der Waals surface area contributed by atoms with Crippen LogP contribution in [0.4, 0.5) is 5.95 Å². The van der Waals surface area contributed by atoms with Gasteiger partial charge in [-0.25, -0.2) is 9.97 Å². The summed E-state index contributed by atoms with van der Waals surface area (Å²) in [5.41, 5.74) is 7.71. The summed E-state index contributed by atoms with van der Waals surface area (Å²) in [4.78, 5) is 11.3. The molecule has 0 saturated carbocycles. The summed E-state index contributed by atoms with van der Waals surface area (Å²) in [5, 5.41) is 2.02. The molecule has 1 aliphatic rings. The van der Waals surface area contributed by atoms with E-state index in [2.05, 4.69) is 14.9 Å². The van der Waals surface area contributed by atoms with E-state index in [4.69, 9.17) is 17.3 Å². The van der Waals surface area contributed by atoms with Crippen molar-refractivity contribution >= 4 is 28.9 Å². The molecule has 2 aromatic heterocycles. The first kappa shape index (κ1) is 13.8. The van der Waals surface area contributed by atoms with Crippen molar-refractivity contribution in [2.75, 3.05) is 24.5 Å². The number of aromatic nitrogens is 2. The van der Waals surface area contributed by atoms with Crippen LogP contribution in [0.2, 0.25) is 4.34 Å². The lowest BCUT2D eigenvalue weighted by Crippen LogP contribution is -2.37. The molecule has 1 aliphatic heterocycles. The van der Waals surface area contributed by atoms with Gasteiger partial charge in [-0.1, -0.05) is 11.6 Å². The van der Waals surface area contributed by atoms with E-state index < -0.39 is 0 Å². The molecular weight excluding hydrogens is 292 g/mol. The van der Waals surface area contributed by atoms with Gasteiger partial charge >= 0.3 is 0 Å². The Kier molecular flexibility index (Phi) is 4.19. The van der Waals surface area contributed by atoms with Gasteiger partial charge in [-0.05, 0) is 37.4 Å². The van der Waals surface area contributed by atoms with E-state index in [-0.39, 0.29) is 0 Å². The average molecular weight is 309 g/mol. The van der Waals surface area contributed by atoms with Crippen LogP contribution in [-0.2, 0) is 0 Å². The summed E-state index contributed by atoms with van der Waals surface area (Å²) in [5.74, 6) is 1.45. The molecule has 2 N–H and O–H groups in total. The van der Waals surface area contributed by atoms with Crippen LogP contribution in [0.15, 0.2) is 23.7 Å². The lowest BCUT2D eigenvalue weighted by molar-refractivity contribution is 0.411. The third-order valence-corrected chi connectivity index (χ3v) is 4.83. The highest BCUT2D eigenvalue weighted by molar-refractivity contribution is 7.14. The topological polar surface area (TPSA) is 55.0 Å². The Morgan fingerprint density at radius 3 is 2.85 bits per heavy atom. The Hall–Kier alpha value is -1.17. The van der Waals surface area contributed by atoms with Crippen LogP contribution < -0.4 is 10.6 Å². The number of hydrogen-bond acceptors (Lipinski definition) is 5. The zero-order valence-corrected chi connectivity index (χ0v) is 12.7. The predicted molar refractivity (Wildman–Crippen MR) is 84.3 cm³/mol. The fourth-order valence-electron chi connectivity index (χ4n) is 2.47. The third-order valence-electron chi connectivity index (χ3n) is 3.74. The number of thiophene rings is 1. The van der Waals surface area contributed by atoms with Crippen LogP contribution in [0.5, 0.6) is 0 Å². The molecule has 0 aromatic carbocycles. The van der Waals surface area contributed by atoms with Crippen molar-refractivity contribution in [3.8, 4) is 11.3 Å². The highest BCUT2D eigenvalue weighted by Gasteiger charge is 2.20. The molecule has 0 aliphatic carbocycles. The second-order valence-corrected chi connectivity index (χ2v) is 6.59. The molecule has 0 bridgehead atoms. The van der Waals surface area contributed by atoms with Gasteiger partial charge in [-0.15, -0.1) is 11.3 Å². The van der Waals surface area contributed by atoms with E-state index in [9.17, 15) is 0 Å². The van der Waals surface area contributed by atoms with Crippen molar-refractivity contribution < 1.29 is 0 Å². The Morgan fingerprint density at radius 2 is 2.20 bits per heavy atom. The molecule has 3 rings (SSSR count). The van der Waals surface area contributed by atoms with E-state index >= 15 is 0 Å². The molecule has 0 spiro atoms. The van der Waals surface area contributed by atoms with Gasteiger partial charge in [0, 0.05) is 30.2 Å². The second-order valence-electron chi connectivity index (χ2n) is 5.05. The SMILES string of the molecule is NCC1CCN(c2nccc(-c3csc(Cl)c3)n2)CC1. The van der Waals surface area contributed by atoms with Gasteiger partial charge in [0.1, 0.15) is 0 Å². The maximum atomic E-state index is 5.98. The lowest BCUT2D eigenvalue weighted by atomic mass is 9.97. The molecule has 20 heavy (non-hydrogen) atoms. The predicted octanol–water partition coefficient (Wildman–Crippen LogP) is 3.03. The molecule has 4 nitrogen and oxygen atoms in total. The summed E-state index contributed by atoms with van der Waals surface area (Å²) in [6.45, 7) is 2.74. The molecule has 1 fully saturated rings. The first-order chi connectivity index (χ1) is 9.76. The number of nitrogens with zero attached hydrogens (tertiary/aromatic N) is 3. The minimum Gasteiger partial charge on any atom is -0.341 e. The van der Waals surface area contributed by atoms with E-state index in [0.717, 1.165) is 54.0 Å². The molecule has 106 valence electrons. The largest absolute Gasteiger partial charge is 0.341 e. The number of nitrogens with two attached hydrogens (primary N) is 1. The zero-order valence-electron chi connectivity index (χ0n) is 11.1. The first-order valence-corrected chi connectivity index (χ1v) is 8.04. The summed E-state index contributed by atoms with van der Waals surface area (Å²) in [6.07, 6.45) is 4.06. The quantitative estimate of drug-likeness (QED) is 0.947. The van der Waals surface area contributed by atoms with Crippen LogP contribution in [0, 0.1) is 5.92 Å². The minimum absolute atomic E-state index is 0.644. The van der Waals surface area contributed by atoms with Crippen molar-refractivity contribution in [1.29, 1.82) is 0 Å². The van der Waals surface area contributed by atoms with Gasteiger partial charge in [0.25, 0.3) is 0 Å². The monoisotopic (exact) mass is 308 g/mol. The van der Waals surface area contributed by atoms with Gasteiger partial charge in [0.15, 0.2) is 0 Å². The van der Waals surface area contributed by atoms with E-state index in [1.54, 1.807) is 0 Å². The highest BCUT2D eigenvalue weighted by Crippen LogP contribution is 2.28. The summed E-state index contributed by atoms with van der Waals surface area (Å²) in [7, 11) is 0. The Labute approximate surface area is 127 Å². The zero-order chi connectivity index (χ0) is 13.9. The van der Waals surface area contributed by atoms with Gasteiger partial charge in [0.2, 0.25) is 5.95 Å². The maximum absolute atomic E-state index is 5.98. The molecule has 0 atom stereocenters. The van der Waals surface area contributed by atoms with Gasteiger partial charge in [0.05, 0.1) is 10.0 Å². The van der Waals surface area contributed by atoms with Crippen molar-refractivity contribution in [1.82, 2.24) is 9.97 Å². The third kappa shape index (κ3) is 2.95. The summed E-state index contributed by atoms with van der Waals surface area (Å²) < 4.78 is 0.781. The van der Waals surface area contributed by atoms with Crippen LogP contribution in [0.25, 0.3) is 11.3 Å². The van der Waals surface area contributed by atoms with Crippen molar-refractivity contribution in [2.24, 2.45) is 11.7 Å². The minimum atomic E-state index is 0.644. The Morgan fingerprint density at radius 1 is 1.40 bits per heavy atom. The van der Waals surface area contributed by atoms with E-state index in [0.29, 0.717) is 5.92 Å². The van der Waals surface area contributed by atoms with Crippen LogP contribution in [-0.4, -0.2) is 29.6 Å². The number of halogens is 1. The molecule has 6 heteroatoms. The van der Waals surface area contributed by atoms with Crippen molar-refractivity contribution in [3.05, 3.63) is 28.0 Å². The number of rotatable bonds is 3.